The summed E-state index contributed by atoms with van der Waals surface area (Å²) in [7, 11) is 3.19. The Kier molecular flexibility index (Phi) is 8.44. The van der Waals surface area contributed by atoms with Crippen LogP contribution in [0.2, 0.25) is 0 Å². The number of carbonyl (C=O) groups is 1. The Morgan fingerprint density at radius 3 is 2.70 bits per heavy atom. The third-order valence-electron chi connectivity index (χ3n) is 4.56. The van der Waals surface area contributed by atoms with Crippen LogP contribution >= 0.6 is 0 Å². The van der Waals surface area contributed by atoms with Gasteiger partial charge in [0.1, 0.15) is 17.3 Å². The van der Waals surface area contributed by atoms with Crippen molar-refractivity contribution in [3.8, 4) is 5.75 Å². The number of carbonyl (C=O) groups excluding carboxylic acids is 1. The molecule has 0 N–H and O–H groups in total. The number of hydrogen-bond acceptors (Lipinski definition) is 5. The second kappa shape index (κ2) is 10.8. The van der Waals surface area contributed by atoms with Crippen molar-refractivity contribution in [3.63, 3.8) is 0 Å². The highest BCUT2D eigenvalue weighted by atomic mass is 19.1. The molecule has 0 aliphatic carbocycles. The predicted octanol–water partition coefficient (Wildman–Crippen LogP) is 3.78. The summed E-state index contributed by atoms with van der Waals surface area (Å²) < 4.78 is 25.8. The van der Waals surface area contributed by atoms with Crippen molar-refractivity contribution < 1.29 is 18.7 Å². The molecular formula is C19H29FN4O3. The van der Waals surface area contributed by atoms with Gasteiger partial charge < -0.3 is 9.47 Å². The molecule has 150 valence electrons. The predicted molar refractivity (Wildman–Crippen MR) is 101 cm³/mol. The van der Waals surface area contributed by atoms with Gasteiger partial charge in [0.25, 0.3) is 0 Å². The van der Waals surface area contributed by atoms with Crippen LogP contribution in [0.3, 0.4) is 0 Å². The molecule has 0 radical (unpaired) electrons. The molecule has 1 fully saturated rings. The van der Waals surface area contributed by atoms with Crippen LogP contribution in [-0.2, 0) is 16.0 Å². The fourth-order valence-electron chi connectivity index (χ4n) is 2.83. The quantitative estimate of drug-likeness (QED) is 0.352. The Bertz CT molecular complexity index is 636. The number of rotatable bonds is 10. The second-order valence-electron chi connectivity index (χ2n) is 6.76. The maximum absolute atomic E-state index is 14.5. The molecule has 1 aliphatic rings. The topological polar surface area (TPSA) is 66.7 Å². The summed E-state index contributed by atoms with van der Waals surface area (Å²) in [4.78, 5) is 10.7. The maximum atomic E-state index is 14.5. The molecule has 0 saturated carbocycles. The van der Waals surface area contributed by atoms with E-state index in [1.165, 1.54) is 18.1 Å². The van der Waals surface area contributed by atoms with Crippen LogP contribution in [0.25, 0.3) is 0 Å². The Morgan fingerprint density at radius 2 is 2.04 bits per heavy atom. The highest BCUT2D eigenvalue weighted by molar-refractivity contribution is 5.59. The molecule has 7 nitrogen and oxygen atoms in total. The van der Waals surface area contributed by atoms with E-state index >= 15 is 0 Å². The molecule has 1 aromatic rings. The van der Waals surface area contributed by atoms with Crippen molar-refractivity contribution >= 4 is 12.1 Å². The zero-order valence-electron chi connectivity index (χ0n) is 16.4. The molecule has 0 atom stereocenters. The monoisotopic (exact) mass is 380 g/mol. The lowest BCUT2D eigenvalue weighted by Crippen LogP contribution is -2.22. The molecular weight excluding hydrogens is 351 g/mol. The third-order valence-corrected chi connectivity index (χ3v) is 4.56. The number of halogens is 1. The lowest BCUT2D eigenvalue weighted by molar-refractivity contribution is -0.117. The van der Waals surface area contributed by atoms with Gasteiger partial charge in [0.15, 0.2) is 0 Å². The molecule has 0 aromatic heterocycles. The highest BCUT2D eigenvalue weighted by Gasteiger charge is 2.18. The summed E-state index contributed by atoms with van der Waals surface area (Å²) in [6.45, 7) is 4.04. The summed E-state index contributed by atoms with van der Waals surface area (Å²) in [5.74, 6) is 0.543. The van der Waals surface area contributed by atoms with Crippen LogP contribution in [0.4, 0.5) is 10.1 Å². The number of hydrogen-bond donors (Lipinski definition) is 0. The van der Waals surface area contributed by atoms with Gasteiger partial charge in [-0.25, -0.2) is 14.4 Å². The molecule has 1 aromatic carbocycles. The summed E-state index contributed by atoms with van der Waals surface area (Å²) in [5.41, 5.74) is 1.24. The first-order valence-electron chi connectivity index (χ1n) is 9.41. The van der Waals surface area contributed by atoms with E-state index in [9.17, 15) is 9.18 Å². The van der Waals surface area contributed by atoms with Gasteiger partial charge in [0.05, 0.1) is 6.61 Å². The lowest BCUT2D eigenvalue weighted by Gasteiger charge is -2.24. The summed E-state index contributed by atoms with van der Waals surface area (Å²) in [5, 5.41) is 10.3. The van der Waals surface area contributed by atoms with E-state index in [4.69, 9.17) is 9.47 Å². The van der Waals surface area contributed by atoms with Crippen LogP contribution in [0.5, 0.6) is 5.75 Å². The minimum atomic E-state index is -0.274. The first-order valence-corrected chi connectivity index (χ1v) is 9.41. The molecule has 27 heavy (non-hydrogen) atoms. The maximum Gasteiger partial charge on any atom is 0.231 e. The van der Waals surface area contributed by atoms with Crippen molar-refractivity contribution in [2.24, 2.45) is 16.4 Å². The molecule has 1 saturated heterocycles. The smallest absolute Gasteiger partial charge is 0.231 e. The van der Waals surface area contributed by atoms with E-state index < -0.39 is 0 Å². The Balaban J connectivity index is 2.21. The molecule has 1 amide bonds. The van der Waals surface area contributed by atoms with Crippen molar-refractivity contribution in [2.75, 3.05) is 38.9 Å². The number of nitrogens with zero attached hydrogens (tertiary/aromatic N) is 4. The Labute approximate surface area is 160 Å². The largest absolute Gasteiger partial charge is 0.491 e. The molecule has 0 spiro atoms. The summed E-state index contributed by atoms with van der Waals surface area (Å²) >= 11 is 0. The average Bonchev–Trinajstić information content (AvgIpc) is 2.70. The van der Waals surface area contributed by atoms with Crippen LogP contribution in [0.15, 0.2) is 22.6 Å². The number of amides is 1. The molecule has 0 bridgehead atoms. The highest BCUT2D eigenvalue weighted by Crippen LogP contribution is 2.33. The van der Waals surface area contributed by atoms with Gasteiger partial charge in [0.2, 0.25) is 6.41 Å². The fraction of sp³-hybridized carbons (Fsp3) is 0.632. The number of anilines is 1. The van der Waals surface area contributed by atoms with Crippen LogP contribution < -0.4 is 9.75 Å². The number of benzene rings is 1. The zero-order chi connectivity index (χ0) is 19.6. The van der Waals surface area contributed by atoms with Crippen molar-refractivity contribution in [3.05, 3.63) is 23.5 Å². The van der Waals surface area contributed by atoms with E-state index in [0.717, 1.165) is 43.9 Å². The SMILES string of the molecule is CCCCc1cc(N(C)/N=N\N(C)C=O)c(OCC2CCOCC2)cc1F. The minimum absolute atomic E-state index is 0.274. The molecule has 8 heteroatoms. The molecule has 0 unspecified atom stereocenters. The van der Waals surface area contributed by atoms with Gasteiger partial charge in [-0.3, -0.25) is 4.79 Å². The Hall–Kier alpha value is -2.22. The van der Waals surface area contributed by atoms with Crippen LogP contribution in [-0.4, -0.2) is 45.3 Å². The molecule has 1 heterocycles. The summed E-state index contributed by atoms with van der Waals surface area (Å²) in [6.07, 6.45) is 4.96. The normalized spacial score (nSPS) is 15.1. The standard InChI is InChI=1S/C19H29FN4O3/c1-4-5-6-16-11-18(24(3)22-21-23(2)14-25)19(12-17(16)20)27-13-15-7-9-26-10-8-15/h11-12,14-15H,4-10,13H2,1-3H3/b22-21-. The van der Waals surface area contributed by atoms with Gasteiger partial charge in [-0.2, -0.15) is 0 Å². The third kappa shape index (κ3) is 6.46. The van der Waals surface area contributed by atoms with Gasteiger partial charge in [0, 0.05) is 33.4 Å². The average molecular weight is 380 g/mol. The van der Waals surface area contributed by atoms with Gasteiger partial charge in [-0.1, -0.05) is 13.3 Å². The number of ether oxygens (including phenoxy) is 2. The summed E-state index contributed by atoms with van der Waals surface area (Å²) in [6, 6.07) is 3.18. The van der Waals surface area contributed by atoms with Gasteiger partial charge >= 0.3 is 0 Å². The van der Waals surface area contributed by atoms with E-state index in [-0.39, 0.29) is 5.82 Å². The van der Waals surface area contributed by atoms with Crippen LogP contribution in [0.1, 0.15) is 38.2 Å². The van der Waals surface area contributed by atoms with Crippen molar-refractivity contribution in [1.82, 2.24) is 5.01 Å². The number of unbranched alkanes of at least 4 members (excludes halogenated alkanes) is 1. The van der Waals surface area contributed by atoms with Crippen LogP contribution in [0, 0.1) is 11.7 Å². The Morgan fingerprint density at radius 1 is 1.30 bits per heavy atom. The van der Waals surface area contributed by atoms with Crippen molar-refractivity contribution in [2.45, 2.75) is 39.0 Å². The van der Waals surface area contributed by atoms with E-state index in [1.54, 1.807) is 13.1 Å². The van der Waals surface area contributed by atoms with Crippen molar-refractivity contribution in [1.29, 1.82) is 0 Å². The van der Waals surface area contributed by atoms with E-state index in [1.807, 2.05) is 0 Å². The first-order chi connectivity index (χ1) is 13.0. The fourth-order valence-corrected chi connectivity index (χ4v) is 2.83. The molecule has 1 aliphatic heterocycles. The zero-order valence-corrected chi connectivity index (χ0v) is 16.4. The molecule has 2 rings (SSSR count). The minimum Gasteiger partial charge on any atom is -0.491 e. The number of aryl methyl sites for hydroxylation is 1. The van der Waals surface area contributed by atoms with E-state index in [2.05, 4.69) is 17.4 Å². The lowest BCUT2D eigenvalue weighted by atomic mass is 10.0. The van der Waals surface area contributed by atoms with E-state index in [0.29, 0.717) is 42.4 Å². The van der Waals surface area contributed by atoms with Gasteiger partial charge in [-0.05, 0) is 53.7 Å². The first kappa shape index (κ1) is 21.1. The van der Waals surface area contributed by atoms with Gasteiger partial charge in [-0.15, -0.1) is 0 Å². The second-order valence-corrected chi connectivity index (χ2v) is 6.76.